The molecule has 0 amide bonds. The lowest BCUT2D eigenvalue weighted by molar-refractivity contribution is 0.199. The lowest BCUT2D eigenvalue weighted by atomic mass is 10.1. The van der Waals surface area contributed by atoms with Crippen molar-refractivity contribution in [3.05, 3.63) is 29.3 Å². The maximum absolute atomic E-state index is 9.43. The third-order valence-electron chi connectivity index (χ3n) is 2.34. The van der Waals surface area contributed by atoms with Crippen LogP contribution in [0.25, 0.3) is 0 Å². The van der Waals surface area contributed by atoms with Crippen LogP contribution in [0.5, 0.6) is 5.75 Å². The van der Waals surface area contributed by atoms with Gasteiger partial charge in [-0.15, -0.1) is 11.8 Å². The maximum Gasteiger partial charge on any atom is 0.122 e. The van der Waals surface area contributed by atoms with Crippen LogP contribution in [0.15, 0.2) is 18.2 Å². The van der Waals surface area contributed by atoms with Gasteiger partial charge in [0, 0.05) is 6.42 Å². The predicted molar refractivity (Wildman–Crippen MR) is 65.4 cm³/mol. The van der Waals surface area contributed by atoms with Gasteiger partial charge in [0.2, 0.25) is 0 Å². The number of ether oxygens (including phenoxy) is 1. The maximum atomic E-state index is 9.43. The molecule has 1 N–H and O–H groups in total. The van der Waals surface area contributed by atoms with E-state index in [1.165, 1.54) is 0 Å². The van der Waals surface area contributed by atoms with Crippen LogP contribution >= 0.6 is 0 Å². The van der Waals surface area contributed by atoms with Crippen molar-refractivity contribution < 1.29 is 9.84 Å². The topological polar surface area (TPSA) is 29.5 Å². The summed E-state index contributed by atoms with van der Waals surface area (Å²) in [6.45, 7) is 6.16. The summed E-state index contributed by atoms with van der Waals surface area (Å²) in [5, 5.41) is 9.43. The van der Waals surface area contributed by atoms with E-state index in [4.69, 9.17) is 4.74 Å². The fraction of sp³-hybridized carbons (Fsp3) is 0.429. The summed E-state index contributed by atoms with van der Waals surface area (Å²) in [7, 11) is 0. The Morgan fingerprint density at radius 2 is 2.19 bits per heavy atom. The minimum atomic E-state index is -0.432. The summed E-state index contributed by atoms with van der Waals surface area (Å²) in [4.78, 5) is 0. The molecule has 0 bridgehead atoms. The first-order valence-electron chi connectivity index (χ1n) is 5.46. The summed E-state index contributed by atoms with van der Waals surface area (Å²) in [5.74, 6) is 6.65. The number of benzene rings is 1. The molecule has 0 saturated carbocycles. The second-order valence-corrected chi connectivity index (χ2v) is 3.73. The molecule has 0 radical (unpaired) electrons. The molecule has 2 heteroatoms. The van der Waals surface area contributed by atoms with Gasteiger partial charge in [-0.2, -0.15) is 0 Å². The fourth-order valence-corrected chi connectivity index (χ4v) is 1.43. The molecule has 1 aromatic carbocycles. The van der Waals surface area contributed by atoms with Gasteiger partial charge >= 0.3 is 0 Å². The second-order valence-electron chi connectivity index (χ2n) is 3.73. The molecule has 0 aromatic heterocycles. The van der Waals surface area contributed by atoms with Crippen LogP contribution in [-0.2, 0) is 0 Å². The summed E-state index contributed by atoms with van der Waals surface area (Å²) < 4.78 is 5.59. The minimum absolute atomic E-state index is 0.432. The number of hydrogen-bond donors (Lipinski definition) is 1. The summed E-state index contributed by atoms with van der Waals surface area (Å²) in [6.07, 6.45) is 0.312. The largest absolute Gasteiger partial charge is 0.492 e. The molecule has 0 aliphatic heterocycles. The lowest BCUT2D eigenvalue weighted by Gasteiger charge is -2.11. The van der Waals surface area contributed by atoms with Crippen LogP contribution in [0, 0.1) is 18.8 Å². The van der Waals surface area contributed by atoms with E-state index in [0.29, 0.717) is 6.61 Å². The first kappa shape index (κ1) is 12.6. The van der Waals surface area contributed by atoms with Crippen LogP contribution in [0.2, 0.25) is 0 Å². The van der Waals surface area contributed by atoms with Crippen LogP contribution < -0.4 is 4.74 Å². The molecule has 1 rings (SSSR count). The Morgan fingerprint density at radius 1 is 1.44 bits per heavy atom. The molecular formula is C14H18O2. The van der Waals surface area contributed by atoms with Gasteiger partial charge in [-0.3, -0.25) is 0 Å². The van der Waals surface area contributed by atoms with Gasteiger partial charge < -0.3 is 9.84 Å². The molecule has 16 heavy (non-hydrogen) atoms. The Labute approximate surface area is 97.3 Å². The number of hydrogen-bond acceptors (Lipinski definition) is 2. The fourth-order valence-electron chi connectivity index (χ4n) is 1.43. The SMILES string of the molecule is CC#CCCOc1ccc([C@@H](C)O)cc1C. The molecule has 1 aromatic rings. The van der Waals surface area contributed by atoms with E-state index < -0.39 is 6.10 Å². The average Bonchev–Trinajstić information content (AvgIpc) is 2.26. The molecule has 2 nitrogen and oxygen atoms in total. The molecule has 0 spiro atoms. The highest BCUT2D eigenvalue weighted by Crippen LogP contribution is 2.22. The number of rotatable bonds is 4. The Balaban J connectivity index is 2.63. The smallest absolute Gasteiger partial charge is 0.122 e. The Morgan fingerprint density at radius 3 is 2.75 bits per heavy atom. The van der Waals surface area contributed by atoms with Crippen molar-refractivity contribution >= 4 is 0 Å². The molecule has 0 heterocycles. The quantitative estimate of drug-likeness (QED) is 0.622. The van der Waals surface area contributed by atoms with Crippen molar-refractivity contribution in [1.82, 2.24) is 0 Å². The van der Waals surface area contributed by atoms with E-state index in [9.17, 15) is 5.11 Å². The van der Waals surface area contributed by atoms with Crippen molar-refractivity contribution in [2.24, 2.45) is 0 Å². The first-order valence-corrected chi connectivity index (χ1v) is 5.46. The van der Waals surface area contributed by atoms with Crippen molar-refractivity contribution in [2.45, 2.75) is 33.3 Å². The zero-order chi connectivity index (χ0) is 12.0. The standard InChI is InChI=1S/C14H18O2/c1-4-5-6-9-16-14-8-7-13(12(3)15)10-11(14)2/h7-8,10,12,15H,6,9H2,1-3H3/t12-/m1/s1. The van der Waals surface area contributed by atoms with E-state index in [1.54, 1.807) is 6.92 Å². The molecule has 0 saturated heterocycles. The van der Waals surface area contributed by atoms with Gasteiger partial charge in [0.1, 0.15) is 5.75 Å². The van der Waals surface area contributed by atoms with Gasteiger partial charge in [-0.1, -0.05) is 6.07 Å². The highest BCUT2D eigenvalue weighted by atomic mass is 16.5. The normalized spacial score (nSPS) is 11.5. The minimum Gasteiger partial charge on any atom is -0.492 e. The van der Waals surface area contributed by atoms with Crippen LogP contribution in [0.4, 0.5) is 0 Å². The van der Waals surface area contributed by atoms with Crippen LogP contribution in [-0.4, -0.2) is 11.7 Å². The summed E-state index contributed by atoms with van der Waals surface area (Å²) in [5.41, 5.74) is 1.96. The lowest BCUT2D eigenvalue weighted by Crippen LogP contribution is -1.99. The van der Waals surface area contributed by atoms with E-state index in [1.807, 2.05) is 32.0 Å². The van der Waals surface area contributed by atoms with Crippen molar-refractivity contribution in [2.75, 3.05) is 6.61 Å². The zero-order valence-electron chi connectivity index (χ0n) is 10.1. The Hall–Kier alpha value is -1.46. The summed E-state index contributed by atoms with van der Waals surface area (Å²) >= 11 is 0. The number of aliphatic hydroxyl groups excluding tert-OH is 1. The molecule has 0 aliphatic rings. The van der Waals surface area contributed by atoms with E-state index in [0.717, 1.165) is 23.3 Å². The van der Waals surface area contributed by atoms with Crippen molar-refractivity contribution in [1.29, 1.82) is 0 Å². The van der Waals surface area contributed by atoms with Gasteiger partial charge in [0.15, 0.2) is 0 Å². The Bertz CT molecular complexity index is 397. The van der Waals surface area contributed by atoms with Gasteiger partial charge in [-0.25, -0.2) is 0 Å². The molecule has 1 atom stereocenters. The molecule has 86 valence electrons. The van der Waals surface area contributed by atoms with Crippen LogP contribution in [0.3, 0.4) is 0 Å². The summed E-state index contributed by atoms with van der Waals surface area (Å²) in [6, 6.07) is 5.74. The number of aryl methyl sites for hydroxylation is 1. The predicted octanol–water partition coefficient (Wildman–Crippen LogP) is 2.84. The molecule has 0 unspecified atom stereocenters. The number of aliphatic hydroxyl groups is 1. The first-order chi connectivity index (χ1) is 7.65. The third-order valence-corrected chi connectivity index (χ3v) is 2.34. The molecular weight excluding hydrogens is 200 g/mol. The van der Waals surface area contributed by atoms with Gasteiger partial charge in [-0.05, 0) is 44.0 Å². The van der Waals surface area contributed by atoms with Crippen molar-refractivity contribution in [3.8, 4) is 17.6 Å². The molecule has 0 aliphatic carbocycles. The van der Waals surface area contributed by atoms with E-state index >= 15 is 0 Å². The van der Waals surface area contributed by atoms with E-state index in [2.05, 4.69) is 11.8 Å². The van der Waals surface area contributed by atoms with Crippen LogP contribution in [0.1, 0.15) is 37.5 Å². The highest BCUT2D eigenvalue weighted by molar-refractivity contribution is 5.36. The van der Waals surface area contributed by atoms with E-state index in [-0.39, 0.29) is 0 Å². The third kappa shape index (κ3) is 3.60. The Kier molecular flexibility index (Phi) is 4.88. The van der Waals surface area contributed by atoms with Gasteiger partial charge in [0.05, 0.1) is 12.7 Å². The van der Waals surface area contributed by atoms with Gasteiger partial charge in [0.25, 0.3) is 0 Å². The zero-order valence-corrected chi connectivity index (χ0v) is 10.1. The highest BCUT2D eigenvalue weighted by Gasteiger charge is 2.04. The second kappa shape index (κ2) is 6.19. The average molecular weight is 218 g/mol. The monoisotopic (exact) mass is 218 g/mol. The van der Waals surface area contributed by atoms with Crippen molar-refractivity contribution in [3.63, 3.8) is 0 Å². The molecule has 0 fully saturated rings.